The molecule has 0 aliphatic rings. The summed E-state index contributed by atoms with van der Waals surface area (Å²) in [4.78, 5) is 0. The van der Waals surface area contributed by atoms with Crippen molar-refractivity contribution in [2.24, 2.45) is 0 Å². The molecule has 0 aromatic heterocycles. The lowest BCUT2D eigenvalue weighted by Gasteiger charge is -1.98. The first-order valence-corrected chi connectivity index (χ1v) is 5.28. The summed E-state index contributed by atoms with van der Waals surface area (Å²) in [6.45, 7) is 0.999. The lowest BCUT2D eigenvalue weighted by atomic mass is 10.9. The molecule has 0 atom stereocenters. The molecule has 0 aromatic carbocycles. The molecule has 5 heteroatoms. The molecule has 0 aliphatic heterocycles. The maximum absolute atomic E-state index is 10.8. The predicted octanol–water partition coefficient (Wildman–Crippen LogP) is 1.45. The zero-order valence-electron chi connectivity index (χ0n) is 5.49. The van der Waals surface area contributed by atoms with Gasteiger partial charge in [-0.25, -0.2) is 0 Å². The Labute approximate surface area is 59.6 Å². The Bertz CT molecular complexity index is 106. The quantitative estimate of drug-likeness (QED) is 0.604. The van der Waals surface area contributed by atoms with E-state index in [1.165, 1.54) is 0 Å². The third kappa shape index (κ3) is 4.91. The van der Waals surface area contributed by atoms with Crippen molar-refractivity contribution in [3.05, 3.63) is 0 Å². The molecular formula is C4H11ClO3P+. The Morgan fingerprint density at radius 3 is 1.89 bits per heavy atom. The van der Waals surface area contributed by atoms with Gasteiger partial charge in [-0.2, -0.15) is 4.57 Å². The van der Waals surface area contributed by atoms with E-state index in [0.717, 1.165) is 0 Å². The summed E-state index contributed by atoms with van der Waals surface area (Å²) in [6.07, 6.45) is 0. The van der Waals surface area contributed by atoms with Crippen LogP contribution in [0.25, 0.3) is 0 Å². The van der Waals surface area contributed by atoms with Crippen LogP contribution in [0.1, 0.15) is 13.8 Å². The maximum atomic E-state index is 10.8. The number of hydrogen-bond acceptors (Lipinski definition) is 3. The van der Waals surface area contributed by atoms with Gasteiger partial charge in [-0.05, 0) is 13.8 Å². The van der Waals surface area contributed by atoms with Gasteiger partial charge in [0.05, 0.1) is 13.2 Å². The molecular weight excluding hydrogens is 162 g/mol. The van der Waals surface area contributed by atoms with Gasteiger partial charge in [-0.15, -0.1) is 0 Å². The molecule has 0 unspecified atom stereocenters. The molecule has 0 N–H and O–H groups in total. The smallest absolute Gasteiger partial charge is 0.261 e. The van der Waals surface area contributed by atoms with Crippen LogP contribution in [0.4, 0.5) is 0 Å². The topological polar surface area (TPSA) is 35.5 Å². The van der Waals surface area contributed by atoms with Crippen molar-refractivity contribution < 1.29 is 24.9 Å². The third-order valence-corrected chi connectivity index (χ3v) is 2.36. The molecule has 0 aliphatic carbocycles. The summed E-state index contributed by atoms with van der Waals surface area (Å²) < 4.78 is 20.0. The van der Waals surface area contributed by atoms with Gasteiger partial charge < -0.3 is 0 Å². The van der Waals surface area contributed by atoms with Crippen LogP contribution in [0.15, 0.2) is 0 Å². The van der Waals surface area contributed by atoms with E-state index < -0.39 is 6.95 Å². The van der Waals surface area contributed by atoms with Crippen LogP contribution in [-0.2, 0) is 13.6 Å². The highest BCUT2D eigenvalue weighted by Gasteiger charge is 2.30. The first-order chi connectivity index (χ1) is 4.12. The molecule has 0 heterocycles. The van der Waals surface area contributed by atoms with E-state index in [2.05, 4.69) is 20.3 Å². The fourth-order valence-electron chi connectivity index (χ4n) is 0.353. The van der Waals surface area contributed by atoms with E-state index in [4.69, 9.17) is 0 Å². The third-order valence-electron chi connectivity index (χ3n) is 0.574. The van der Waals surface area contributed by atoms with Gasteiger partial charge in [0, 0.05) is 0 Å². The zero-order chi connectivity index (χ0) is 7.33. The van der Waals surface area contributed by atoms with Gasteiger partial charge >= 0.3 is 6.95 Å². The standard InChI is InChI=1S/C4H11ClO3P/c1-3-7-9(5,6)8-4-2/h5H,3-4H2,1-2H3/q+1. The van der Waals surface area contributed by atoms with Gasteiger partial charge in [0.15, 0.2) is 0 Å². The van der Waals surface area contributed by atoms with Gasteiger partial charge in [-0.3, -0.25) is 9.05 Å². The van der Waals surface area contributed by atoms with Crippen molar-refractivity contribution in [1.82, 2.24) is 0 Å². The fourth-order valence-corrected chi connectivity index (χ4v) is 1.69. The zero-order valence-corrected chi connectivity index (χ0v) is 7.21. The molecule has 0 aromatic rings. The molecule has 0 saturated heterocycles. The second kappa shape index (κ2) is 4.29. The van der Waals surface area contributed by atoms with Crippen LogP contribution in [0.3, 0.4) is 0 Å². The Kier molecular flexibility index (Phi) is 4.50. The first-order valence-electron chi connectivity index (χ1n) is 2.72. The molecule has 3 nitrogen and oxygen atoms in total. The minimum absolute atomic E-state index is 0.334. The van der Waals surface area contributed by atoms with E-state index in [1.807, 2.05) is 0 Å². The van der Waals surface area contributed by atoms with Crippen LogP contribution >= 0.6 is 6.95 Å². The highest BCUT2D eigenvalue weighted by atomic mass is 35.7. The molecule has 0 bridgehead atoms. The van der Waals surface area contributed by atoms with Crippen molar-refractivity contribution in [3.8, 4) is 0 Å². The number of halogens is 1. The van der Waals surface area contributed by atoms with Crippen molar-refractivity contribution >= 4 is 6.95 Å². The molecule has 0 spiro atoms. The van der Waals surface area contributed by atoms with Gasteiger partial charge in [0.1, 0.15) is 0 Å². The molecule has 0 amide bonds. The van der Waals surface area contributed by atoms with E-state index in [1.54, 1.807) is 13.8 Å². The summed E-state index contributed by atoms with van der Waals surface area (Å²) in [5.41, 5.74) is 0. The minimum atomic E-state index is -3.11. The van der Waals surface area contributed by atoms with Crippen molar-refractivity contribution in [3.63, 3.8) is 0 Å². The Morgan fingerprint density at radius 2 is 1.67 bits per heavy atom. The van der Waals surface area contributed by atoms with Crippen molar-refractivity contribution in [2.45, 2.75) is 13.8 Å². The normalized spacial score (nSPS) is 11.9. The average Bonchev–Trinajstić information content (AvgIpc) is 1.64. The van der Waals surface area contributed by atoms with Gasteiger partial charge in [-0.1, -0.05) is 0 Å². The van der Waals surface area contributed by atoms with Crippen LogP contribution in [-0.4, -0.2) is 13.2 Å². The summed E-state index contributed by atoms with van der Waals surface area (Å²) in [6, 6.07) is 0. The highest BCUT2D eigenvalue weighted by molar-refractivity contribution is 7.45. The summed E-state index contributed by atoms with van der Waals surface area (Å²) in [5.74, 6) is 0. The van der Waals surface area contributed by atoms with Gasteiger partial charge in [0.2, 0.25) is 11.2 Å². The Hall–Kier alpha value is 0.440. The van der Waals surface area contributed by atoms with Crippen LogP contribution in [0, 0.1) is 11.2 Å². The number of hydrogen-bond donors (Lipinski definition) is 0. The molecule has 9 heavy (non-hydrogen) atoms. The van der Waals surface area contributed by atoms with Crippen LogP contribution in [0.2, 0.25) is 0 Å². The minimum Gasteiger partial charge on any atom is -0.261 e. The molecule has 0 radical (unpaired) electrons. The maximum Gasteiger partial charge on any atom is 0.614 e. The van der Waals surface area contributed by atoms with Crippen LogP contribution < -0.4 is 0 Å². The average molecular weight is 174 g/mol. The second-order valence-corrected chi connectivity index (χ2v) is 4.04. The van der Waals surface area contributed by atoms with Crippen molar-refractivity contribution in [2.75, 3.05) is 13.2 Å². The Morgan fingerprint density at radius 1 is 1.33 bits per heavy atom. The van der Waals surface area contributed by atoms with Gasteiger partial charge in [0.25, 0.3) is 0 Å². The fraction of sp³-hybridized carbons (Fsp3) is 1.00. The summed E-state index contributed by atoms with van der Waals surface area (Å²) >= 11 is 4.45. The lowest BCUT2D eigenvalue weighted by Crippen LogP contribution is -1.91. The lowest BCUT2D eigenvalue weighted by molar-refractivity contribution is -0.224. The van der Waals surface area contributed by atoms with E-state index in [-0.39, 0.29) is 0 Å². The predicted molar refractivity (Wildman–Crippen MR) is 32.3 cm³/mol. The highest BCUT2D eigenvalue weighted by Crippen LogP contribution is 2.44. The monoisotopic (exact) mass is 173 g/mol. The Balaban J connectivity index is 3.58. The summed E-state index contributed by atoms with van der Waals surface area (Å²) in [5, 5.41) is 0. The molecule has 0 saturated carbocycles. The first kappa shape index (κ1) is 9.44. The van der Waals surface area contributed by atoms with E-state index in [0.29, 0.717) is 13.2 Å². The van der Waals surface area contributed by atoms with Crippen molar-refractivity contribution in [1.29, 1.82) is 0 Å². The molecule has 0 rings (SSSR count). The van der Waals surface area contributed by atoms with Crippen LogP contribution in [0.5, 0.6) is 0 Å². The van der Waals surface area contributed by atoms with E-state index in [9.17, 15) is 4.57 Å². The molecule has 56 valence electrons. The summed E-state index contributed by atoms with van der Waals surface area (Å²) in [7, 11) is 0. The largest absolute Gasteiger partial charge is 0.614 e. The second-order valence-electron chi connectivity index (χ2n) is 1.28. The van der Waals surface area contributed by atoms with E-state index >= 15 is 0 Å². The molecule has 0 fully saturated rings. The number of rotatable bonds is 4. The SMILES string of the molecule is CCOP(=O)([ClH+])OCC.